The molecule has 0 aliphatic heterocycles. The van der Waals surface area contributed by atoms with E-state index in [2.05, 4.69) is 26.0 Å². The average Bonchev–Trinajstić information content (AvgIpc) is 2.34. The van der Waals surface area contributed by atoms with Gasteiger partial charge in [-0.05, 0) is 35.8 Å². The third-order valence-electron chi connectivity index (χ3n) is 2.69. The maximum absolute atomic E-state index is 5.85. The van der Waals surface area contributed by atoms with Crippen molar-refractivity contribution in [1.82, 2.24) is 0 Å². The van der Waals surface area contributed by atoms with Gasteiger partial charge in [0, 0.05) is 11.8 Å². The van der Waals surface area contributed by atoms with Crippen molar-refractivity contribution in [2.24, 2.45) is 11.7 Å². The first-order valence-electron chi connectivity index (χ1n) is 6.13. The quantitative estimate of drug-likeness (QED) is 0.808. The summed E-state index contributed by atoms with van der Waals surface area (Å²) in [6, 6.07) is 8.21. The number of benzene rings is 1. The smallest absolute Gasteiger partial charge is 0.119 e. The molecule has 96 valence electrons. The molecule has 0 heterocycles. The molecule has 0 saturated heterocycles. The van der Waals surface area contributed by atoms with Gasteiger partial charge < -0.3 is 10.5 Å². The van der Waals surface area contributed by atoms with Crippen LogP contribution in [0.5, 0.6) is 5.75 Å². The number of hydrogen-bond acceptors (Lipinski definition) is 3. The largest absolute Gasteiger partial charge is 0.497 e. The highest BCUT2D eigenvalue weighted by atomic mass is 32.2. The topological polar surface area (TPSA) is 35.2 Å². The lowest BCUT2D eigenvalue weighted by Crippen LogP contribution is -2.10. The molecule has 0 amide bonds. The maximum Gasteiger partial charge on any atom is 0.119 e. The van der Waals surface area contributed by atoms with Crippen LogP contribution in [0, 0.1) is 5.92 Å². The summed E-state index contributed by atoms with van der Waals surface area (Å²) in [4.78, 5) is 0. The second-order valence-corrected chi connectivity index (χ2v) is 5.86. The van der Waals surface area contributed by atoms with E-state index in [0.29, 0.717) is 11.8 Å². The zero-order valence-electron chi connectivity index (χ0n) is 11.0. The molecule has 0 spiro atoms. The van der Waals surface area contributed by atoms with Gasteiger partial charge in [-0.15, -0.1) is 0 Å². The van der Waals surface area contributed by atoms with Gasteiger partial charge in [0.15, 0.2) is 0 Å². The second kappa shape index (κ2) is 7.62. The summed E-state index contributed by atoms with van der Waals surface area (Å²) in [5.74, 6) is 2.83. The number of nitrogens with two attached hydrogens (primary N) is 1. The number of hydrogen-bond donors (Lipinski definition) is 1. The summed E-state index contributed by atoms with van der Waals surface area (Å²) in [5.41, 5.74) is 7.12. The van der Waals surface area contributed by atoms with E-state index in [-0.39, 0.29) is 0 Å². The molecule has 3 heteroatoms. The number of methoxy groups -OCH3 is 1. The first-order chi connectivity index (χ1) is 8.17. The molecule has 17 heavy (non-hydrogen) atoms. The van der Waals surface area contributed by atoms with Crippen LogP contribution in [-0.4, -0.2) is 19.4 Å². The Hall–Kier alpha value is -0.670. The molecule has 2 N–H and O–H groups in total. The molecule has 0 aliphatic rings. The lowest BCUT2D eigenvalue weighted by atomic mass is 10.1. The molecular weight excluding hydrogens is 230 g/mol. The Bertz CT molecular complexity index is 328. The van der Waals surface area contributed by atoms with Crippen molar-refractivity contribution < 1.29 is 4.74 Å². The fourth-order valence-corrected chi connectivity index (χ4v) is 2.96. The van der Waals surface area contributed by atoms with Crippen molar-refractivity contribution in [2.45, 2.75) is 25.5 Å². The van der Waals surface area contributed by atoms with Crippen LogP contribution < -0.4 is 10.5 Å². The van der Waals surface area contributed by atoms with Crippen LogP contribution in [0.3, 0.4) is 0 Å². The van der Waals surface area contributed by atoms with Crippen LogP contribution in [0.4, 0.5) is 0 Å². The Morgan fingerprint density at radius 1 is 1.35 bits per heavy atom. The Labute approximate surface area is 109 Å². The Balaban J connectivity index is 2.59. The van der Waals surface area contributed by atoms with Gasteiger partial charge in [0.2, 0.25) is 0 Å². The third kappa shape index (κ3) is 5.00. The first kappa shape index (κ1) is 14.4. The van der Waals surface area contributed by atoms with Gasteiger partial charge in [-0.1, -0.05) is 26.0 Å². The molecular formula is C14H23NOS. The summed E-state index contributed by atoms with van der Waals surface area (Å²) in [6.07, 6.45) is 1.24. The van der Waals surface area contributed by atoms with Crippen molar-refractivity contribution in [3.8, 4) is 5.75 Å². The Morgan fingerprint density at radius 2 is 2.12 bits per heavy atom. The summed E-state index contributed by atoms with van der Waals surface area (Å²) < 4.78 is 5.24. The predicted molar refractivity (Wildman–Crippen MR) is 76.7 cm³/mol. The van der Waals surface area contributed by atoms with E-state index < -0.39 is 0 Å². The van der Waals surface area contributed by atoms with E-state index in [0.717, 1.165) is 17.4 Å². The van der Waals surface area contributed by atoms with Gasteiger partial charge in [-0.3, -0.25) is 0 Å². The predicted octanol–water partition coefficient (Wildman–Crippen LogP) is 3.47. The van der Waals surface area contributed by atoms with Gasteiger partial charge in [-0.25, -0.2) is 0 Å². The van der Waals surface area contributed by atoms with Crippen LogP contribution in [0.25, 0.3) is 0 Å². The molecule has 1 aromatic rings. The molecule has 1 atom stereocenters. The van der Waals surface area contributed by atoms with Crippen molar-refractivity contribution >= 4 is 11.8 Å². The molecule has 1 rings (SSSR count). The van der Waals surface area contributed by atoms with E-state index in [4.69, 9.17) is 10.5 Å². The van der Waals surface area contributed by atoms with Crippen LogP contribution >= 0.6 is 11.8 Å². The molecule has 0 saturated carbocycles. The molecule has 2 nitrogen and oxygen atoms in total. The fourth-order valence-electron chi connectivity index (χ4n) is 1.59. The van der Waals surface area contributed by atoms with E-state index in [1.807, 2.05) is 23.9 Å². The van der Waals surface area contributed by atoms with E-state index >= 15 is 0 Å². The standard InChI is InChI=1S/C14H23NOS/c1-11(2)7-8-17-14(10-15)12-5-4-6-13(9-12)16-3/h4-6,9,11,14H,7-8,10,15H2,1-3H3. The van der Waals surface area contributed by atoms with Crippen LogP contribution in [0.15, 0.2) is 24.3 Å². The Morgan fingerprint density at radius 3 is 2.71 bits per heavy atom. The highest BCUT2D eigenvalue weighted by Gasteiger charge is 2.11. The summed E-state index contributed by atoms with van der Waals surface area (Å²) >= 11 is 1.94. The number of ether oxygens (including phenoxy) is 1. The highest BCUT2D eigenvalue weighted by molar-refractivity contribution is 7.99. The monoisotopic (exact) mass is 253 g/mol. The normalized spacial score (nSPS) is 12.8. The van der Waals surface area contributed by atoms with Crippen LogP contribution in [0.1, 0.15) is 31.1 Å². The minimum Gasteiger partial charge on any atom is -0.497 e. The zero-order chi connectivity index (χ0) is 12.7. The number of rotatable bonds is 7. The minimum atomic E-state index is 0.379. The van der Waals surface area contributed by atoms with Gasteiger partial charge in [-0.2, -0.15) is 11.8 Å². The first-order valence-corrected chi connectivity index (χ1v) is 7.17. The number of thioether (sulfide) groups is 1. The SMILES string of the molecule is COc1cccc(C(CN)SCCC(C)C)c1. The van der Waals surface area contributed by atoms with E-state index in [9.17, 15) is 0 Å². The van der Waals surface area contributed by atoms with Crippen molar-refractivity contribution in [1.29, 1.82) is 0 Å². The second-order valence-electron chi connectivity index (χ2n) is 4.55. The summed E-state index contributed by atoms with van der Waals surface area (Å²) in [6.45, 7) is 5.18. The van der Waals surface area contributed by atoms with Crippen LogP contribution in [-0.2, 0) is 0 Å². The third-order valence-corrected chi connectivity index (χ3v) is 4.03. The van der Waals surface area contributed by atoms with Gasteiger partial charge in [0.25, 0.3) is 0 Å². The van der Waals surface area contributed by atoms with Crippen molar-refractivity contribution in [3.63, 3.8) is 0 Å². The molecule has 0 bridgehead atoms. The molecule has 0 fully saturated rings. The molecule has 1 aromatic carbocycles. The highest BCUT2D eigenvalue weighted by Crippen LogP contribution is 2.30. The molecule has 0 aliphatic carbocycles. The van der Waals surface area contributed by atoms with E-state index in [1.54, 1.807) is 7.11 Å². The van der Waals surface area contributed by atoms with E-state index in [1.165, 1.54) is 12.0 Å². The molecule has 1 unspecified atom stereocenters. The lowest BCUT2D eigenvalue weighted by Gasteiger charge is -2.16. The minimum absolute atomic E-state index is 0.379. The van der Waals surface area contributed by atoms with Crippen molar-refractivity contribution in [3.05, 3.63) is 29.8 Å². The van der Waals surface area contributed by atoms with Gasteiger partial charge in [0.05, 0.1) is 7.11 Å². The Kier molecular flexibility index (Phi) is 6.45. The average molecular weight is 253 g/mol. The fraction of sp³-hybridized carbons (Fsp3) is 0.571. The van der Waals surface area contributed by atoms with Crippen molar-refractivity contribution in [2.75, 3.05) is 19.4 Å². The maximum atomic E-state index is 5.85. The molecule has 0 radical (unpaired) electrons. The summed E-state index contributed by atoms with van der Waals surface area (Å²) in [7, 11) is 1.70. The van der Waals surface area contributed by atoms with Gasteiger partial charge in [0.1, 0.15) is 5.75 Å². The lowest BCUT2D eigenvalue weighted by molar-refractivity contribution is 0.414. The summed E-state index contributed by atoms with van der Waals surface area (Å²) in [5, 5.41) is 0.379. The zero-order valence-corrected chi connectivity index (χ0v) is 11.8. The van der Waals surface area contributed by atoms with Crippen LogP contribution in [0.2, 0.25) is 0 Å². The van der Waals surface area contributed by atoms with Gasteiger partial charge >= 0.3 is 0 Å². The molecule has 0 aromatic heterocycles.